The molecule has 1 rings (SSSR count). The van der Waals surface area contributed by atoms with E-state index >= 15 is 0 Å². The summed E-state index contributed by atoms with van der Waals surface area (Å²) in [7, 11) is 0. The van der Waals surface area contributed by atoms with Crippen molar-refractivity contribution in [2.75, 3.05) is 6.54 Å². The van der Waals surface area contributed by atoms with Crippen LogP contribution in [0.5, 0.6) is 0 Å². The van der Waals surface area contributed by atoms with Crippen molar-refractivity contribution in [2.45, 2.75) is 38.5 Å². The fraction of sp³-hybridized carbons (Fsp3) is 0.412. The van der Waals surface area contributed by atoms with Gasteiger partial charge in [-0.25, -0.2) is 4.79 Å². The van der Waals surface area contributed by atoms with Gasteiger partial charge in [-0.15, -0.1) is 0 Å². The van der Waals surface area contributed by atoms with E-state index in [1.165, 1.54) is 0 Å². The Morgan fingerprint density at radius 1 is 1.21 bits per heavy atom. The molecule has 1 unspecified atom stereocenters. The summed E-state index contributed by atoms with van der Waals surface area (Å²) in [5.41, 5.74) is 0.471. The van der Waals surface area contributed by atoms with Crippen molar-refractivity contribution in [3.05, 3.63) is 48.0 Å². The van der Waals surface area contributed by atoms with Gasteiger partial charge < -0.3 is 10.1 Å². The number of rotatable bonds is 8. The number of benzene rings is 1. The highest BCUT2D eigenvalue weighted by molar-refractivity contribution is 5.89. The van der Waals surface area contributed by atoms with E-state index in [1.807, 2.05) is 5.32 Å². The Morgan fingerprint density at radius 2 is 1.88 bits per heavy atom. The van der Waals surface area contributed by atoms with Crippen LogP contribution in [0.3, 0.4) is 0 Å². The summed E-state index contributed by atoms with van der Waals surface area (Å²) >= 11 is 0. The largest absolute Gasteiger partial charge is 0.471 e. The summed E-state index contributed by atoms with van der Waals surface area (Å²) < 4.78 is 41.0. The lowest BCUT2D eigenvalue weighted by molar-refractivity contribution is -0.173. The van der Waals surface area contributed by atoms with E-state index in [-0.39, 0.29) is 6.54 Å². The zero-order valence-corrected chi connectivity index (χ0v) is 13.3. The molecule has 24 heavy (non-hydrogen) atoms. The molecule has 1 atom stereocenters. The molecule has 0 fully saturated rings. The molecule has 132 valence electrons. The zero-order chi connectivity index (χ0) is 18.0. The smallest absolute Gasteiger partial charge is 0.455 e. The van der Waals surface area contributed by atoms with Crippen molar-refractivity contribution >= 4 is 11.9 Å². The Labute approximate surface area is 138 Å². The van der Waals surface area contributed by atoms with Gasteiger partial charge in [-0.1, -0.05) is 24.3 Å². The number of hydrogen-bond acceptors (Lipinski definition) is 3. The summed E-state index contributed by atoms with van der Waals surface area (Å²) in [4.78, 5) is 22.3. The summed E-state index contributed by atoms with van der Waals surface area (Å²) in [6, 6.07) is 8.61. The van der Waals surface area contributed by atoms with E-state index in [1.54, 1.807) is 49.4 Å². The summed E-state index contributed by atoms with van der Waals surface area (Å²) in [6.45, 7) is 1.70. The van der Waals surface area contributed by atoms with Gasteiger partial charge >= 0.3 is 18.1 Å². The first-order chi connectivity index (χ1) is 11.3. The highest BCUT2D eigenvalue weighted by atomic mass is 19.4. The molecule has 0 spiro atoms. The quantitative estimate of drug-likeness (QED) is 0.445. The van der Waals surface area contributed by atoms with E-state index in [2.05, 4.69) is 0 Å². The third-order valence-corrected chi connectivity index (χ3v) is 3.05. The molecule has 1 aromatic carbocycles. The van der Waals surface area contributed by atoms with Gasteiger partial charge in [0.1, 0.15) is 6.10 Å². The molecule has 0 saturated heterocycles. The maximum atomic E-state index is 11.9. The number of halogens is 3. The molecule has 4 nitrogen and oxygen atoms in total. The average Bonchev–Trinajstić information content (AvgIpc) is 2.53. The Morgan fingerprint density at radius 3 is 2.50 bits per heavy atom. The van der Waals surface area contributed by atoms with Gasteiger partial charge in [-0.3, -0.25) is 4.79 Å². The van der Waals surface area contributed by atoms with E-state index in [9.17, 15) is 22.8 Å². The standard InChI is InChI=1S/C17H20F3NO3/c1-13(24-15(22)14-10-6-4-7-11-14)9-5-2-3-8-12-21-16(23)17(18,19)20/h4-7,9-11,13H,2-3,8,12H2,1H3,(H,21,23)/b9-5+. The lowest BCUT2D eigenvalue weighted by atomic mass is 10.2. The van der Waals surface area contributed by atoms with Crippen molar-refractivity contribution in [1.29, 1.82) is 0 Å². The van der Waals surface area contributed by atoms with Gasteiger partial charge in [-0.2, -0.15) is 13.2 Å². The van der Waals surface area contributed by atoms with Crippen LogP contribution < -0.4 is 5.32 Å². The van der Waals surface area contributed by atoms with Gasteiger partial charge in [0.2, 0.25) is 0 Å². The number of alkyl halides is 3. The molecule has 0 heterocycles. The number of carbonyl (C=O) groups excluding carboxylic acids is 2. The SMILES string of the molecule is CC(/C=C/CCCCNC(=O)C(F)(F)F)OC(=O)c1ccccc1. The van der Waals surface area contributed by atoms with E-state index in [0.29, 0.717) is 24.8 Å². The molecule has 0 saturated carbocycles. The Balaban J connectivity index is 2.16. The molecule has 0 aliphatic rings. The van der Waals surface area contributed by atoms with Crippen LogP contribution in [-0.4, -0.2) is 30.7 Å². The molecular formula is C17H20F3NO3. The third-order valence-electron chi connectivity index (χ3n) is 3.05. The third kappa shape index (κ3) is 7.80. The second-order valence-corrected chi connectivity index (χ2v) is 5.15. The van der Waals surface area contributed by atoms with E-state index in [4.69, 9.17) is 4.74 Å². The number of ether oxygens (including phenoxy) is 1. The molecule has 0 bridgehead atoms. The molecule has 0 aromatic heterocycles. The summed E-state index contributed by atoms with van der Waals surface area (Å²) in [5.74, 6) is -2.33. The van der Waals surface area contributed by atoms with Crippen LogP contribution in [0.2, 0.25) is 0 Å². The Bertz CT molecular complexity index is 556. The number of carbonyl (C=O) groups is 2. The molecule has 0 aliphatic carbocycles. The van der Waals surface area contributed by atoms with Crippen molar-refractivity contribution in [2.24, 2.45) is 0 Å². The molecule has 1 aromatic rings. The number of amides is 1. The van der Waals surface area contributed by atoms with Crippen LogP contribution in [0.15, 0.2) is 42.5 Å². The second kappa shape index (κ2) is 9.75. The topological polar surface area (TPSA) is 55.4 Å². The lowest BCUT2D eigenvalue weighted by Crippen LogP contribution is -2.37. The first-order valence-electron chi connectivity index (χ1n) is 7.58. The number of allylic oxidation sites excluding steroid dienone is 1. The zero-order valence-electron chi connectivity index (χ0n) is 13.3. The number of unbranched alkanes of at least 4 members (excludes halogenated alkanes) is 2. The minimum atomic E-state index is -4.84. The molecule has 7 heteroatoms. The van der Waals surface area contributed by atoms with Crippen LogP contribution >= 0.6 is 0 Å². The van der Waals surface area contributed by atoms with Gasteiger partial charge in [0.25, 0.3) is 0 Å². The minimum Gasteiger partial charge on any atom is -0.455 e. The van der Waals surface area contributed by atoms with Gasteiger partial charge in [0.05, 0.1) is 5.56 Å². The fourth-order valence-electron chi connectivity index (χ4n) is 1.83. The van der Waals surface area contributed by atoms with Crippen LogP contribution in [0.1, 0.15) is 36.5 Å². The maximum absolute atomic E-state index is 11.9. The Hall–Kier alpha value is -2.31. The number of nitrogens with one attached hydrogen (secondary N) is 1. The van der Waals surface area contributed by atoms with Crippen LogP contribution in [0.4, 0.5) is 13.2 Å². The highest BCUT2D eigenvalue weighted by Crippen LogP contribution is 2.14. The molecular weight excluding hydrogens is 323 g/mol. The first-order valence-corrected chi connectivity index (χ1v) is 7.58. The van der Waals surface area contributed by atoms with E-state index < -0.39 is 24.2 Å². The maximum Gasteiger partial charge on any atom is 0.471 e. The van der Waals surface area contributed by atoms with Crippen LogP contribution in [-0.2, 0) is 9.53 Å². The minimum absolute atomic E-state index is 0.0231. The van der Waals surface area contributed by atoms with Crippen molar-refractivity contribution in [1.82, 2.24) is 5.32 Å². The summed E-state index contributed by atoms with van der Waals surface area (Å²) in [5, 5.41) is 1.81. The molecule has 0 radical (unpaired) electrons. The van der Waals surface area contributed by atoms with Crippen LogP contribution in [0, 0.1) is 0 Å². The van der Waals surface area contributed by atoms with Gasteiger partial charge in [0, 0.05) is 6.54 Å². The summed E-state index contributed by atoms with van der Waals surface area (Å²) in [6.07, 6.45) is -0.0441. The first kappa shape index (κ1) is 19.7. The van der Waals surface area contributed by atoms with Crippen molar-refractivity contribution in [3.8, 4) is 0 Å². The number of esters is 1. The predicted molar refractivity (Wildman–Crippen MR) is 83.4 cm³/mol. The predicted octanol–water partition coefficient (Wildman–Crippen LogP) is 3.64. The van der Waals surface area contributed by atoms with Crippen molar-refractivity contribution < 1.29 is 27.5 Å². The van der Waals surface area contributed by atoms with Crippen molar-refractivity contribution in [3.63, 3.8) is 0 Å². The fourth-order valence-corrected chi connectivity index (χ4v) is 1.83. The molecule has 1 N–H and O–H groups in total. The van der Waals surface area contributed by atoms with Gasteiger partial charge in [0.15, 0.2) is 0 Å². The van der Waals surface area contributed by atoms with Gasteiger partial charge in [-0.05, 0) is 44.4 Å². The second-order valence-electron chi connectivity index (χ2n) is 5.15. The number of hydrogen-bond donors (Lipinski definition) is 1. The molecule has 0 aliphatic heterocycles. The average molecular weight is 343 g/mol. The van der Waals surface area contributed by atoms with E-state index in [0.717, 1.165) is 0 Å². The lowest BCUT2D eigenvalue weighted by Gasteiger charge is -2.09. The Kier molecular flexibility index (Phi) is 8.01. The highest BCUT2D eigenvalue weighted by Gasteiger charge is 2.38. The monoisotopic (exact) mass is 343 g/mol. The van der Waals surface area contributed by atoms with Crippen LogP contribution in [0.25, 0.3) is 0 Å². The molecule has 1 amide bonds. The normalized spacial score (nSPS) is 12.8.